The van der Waals surface area contributed by atoms with Crippen molar-refractivity contribution in [1.82, 2.24) is 40.0 Å². The average molecular weight is 887 g/mol. The minimum atomic E-state index is -0.451. The molecule has 21 heteroatoms. The van der Waals surface area contributed by atoms with Gasteiger partial charge in [0, 0.05) is 43.6 Å². The van der Waals surface area contributed by atoms with Gasteiger partial charge in [-0.3, -0.25) is 14.2 Å². The number of anilines is 2. The lowest BCUT2D eigenvalue weighted by Crippen LogP contribution is -2.11. The molecular formula is C36H28Cl4N10O5S2. The lowest BCUT2D eigenvalue weighted by molar-refractivity contribution is 0.0524. The van der Waals surface area contributed by atoms with E-state index >= 15 is 0 Å². The maximum Gasteiger partial charge on any atom is 0.369 e. The molecule has 2 aromatic carbocycles. The van der Waals surface area contributed by atoms with Crippen molar-refractivity contribution >= 4 is 92.3 Å². The van der Waals surface area contributed by atoms with Crippen LogP contribution < -0.4 is 11.1 Å². The molecule has 0 saturated carbocycles. The Morgan fingerprint density at radius 3 is 1.72 bits per heavy atom. The van der Waals surface area contributed by atoms with E-state index < -0.39 is 5.97 Å². The van der Waals surface area contributed by atoms with Crippen molar-refractivity contribution in [3.8, 4) is 21.5 Å². The predicted octanol–water partition coefficient (Wildman–Crippen LogP) is 9.40. The van der Waals surface area contributed by atoms with Crippen LogP contribution in [0.25, 0.3) is 21.5 Å². The topological polar surface area (TPSA) is 195 Å². The summed E-state index contributed by atoms with van der Waals surface area (Å²) in [6, 6.07) is 17.7. The maximum atomic E-state index is 12.4. The molecule has 8 aromatic rings. The fraction of sp³-hybridized carbons (Fsp3) is 0.111. The second kappa shape index (κ2) is 19.5. The van der Waals surface area contributed by atoms with Crippen LogP contribution in [-0.4, -0.2) is 58.4 Å². The normalized spacial score (nSPS) is 10.6. The van der Waals surface area contributed by atoms with Crippen LogP contribution in [0.15, 0.2) is 107 Å². The Kier molecular flexibility index (Phi) is 14.1. The number of nitrogen functional groups attached to an aromatic ring is 1. The summed E-state index contributed by atoms with van der Waals surface area (Å²) in [5, 5.41) is 30.4. The number of hydrogen-bond acceptors (Lipinski definition) is 14. The molecule has 0 unspecified atom stereocenters. The maximum absolute atomic E-state index is 12.4. The minimum Gasteiger partial charge on any atom is -0.462 e. The third-order valence-electron chi connectivity index (χ3n) is 7.27. The lowest BCUT2D eigenvalue weighted by Gasteiger charge is -2.06. The van der Waals surface area contributed by atoms with Crippen molar-refractivity contribution < 1.29 is 23.2 Å². The van der Waals surface area contributed by atoms with Gasteiger partial charge in [0.05, 0.1) is 56.0 Å². The van der Waals surface area contributed by atoms with Gasteiger partial charge >= 0.3 is 5.97 Å². The van der Waals surface area contributed by atoms with E-state index in [9.17, 15) is 9.59 Å². The second-order valence-corrected chi connectivity index (χ2v) is 14.8. The van der Waals surface area contributed by atoms with Gasteiger partial charge in [-0.2, -0.15) is 10.2 Å². The van der Waals surface area contributed by atoms with Gasteiger partial charge in [-0.25, -0.2) is 4.79 Å². The standard InChI is InChI=1S/C17H11Cl2N5O2S.C10H9Cl2N3.C9H8N2O3S/c18-12-3-1-4-13(19)11(12)9-24-8-10(7-20-24)21-15(25)17-23-22-16(27-17)14-5-2-6-26-14;11-9-2-1-3-10(12)8(9)6-15-5-7(13)4-14-15;1-2-13-9(12)8-11-10-7(15-8)6-4-3-5-14-6/h1-8H,9H2,(H,21,25);1-5H,6,13H2;3-5H,2H2,1H3. The van der Waals surface area contributed by atoms with E-state index in [1.807, 2.05) is 6.07 Å². The highest BCUT2D eigenvalue weighted by Gasteiger charge is 2.17. The number of amides is 1. The van der Waals surface area contributed by atoms with Gasteiger partial charge < -0.3 is 24.6 Å². The first-order chi connectivity index (χ1) is 27.6. The summed E-state index contributed by atoms with van der Waals surface area (Å²) in [6.45, 7) is 2.98. The largest absolute Gasteiger partial charge is 0.462 e. The number of nitrogens with zero attached hydrogens (tertiary/aromatic N) is 8. The first kappa shape index (κ1) is 41.1. The Morgan fingerprint density at radius 2 is 1.23 bits per heavy atom. The van der Waals surface area contributed by atoms with E-state index in [2.05, 4.69) is 35.9 Å². The predicted molar refractivity (Wildman–Crippen MR) is 219 cm³/mol. The highest BCUT2D eigenvalue weighted by Crippen LogP contribution is 2.28. The molecule has 15 nitrogen and oxygen atoms in total. The summed E-state index contributed by atoms with van der Waals surface area (Å²) >= 11 is 26.7. The van der Waals surface area contributed by atoms with Gasteiger partial charge in [-0.05, 0) is 55.5 Å². The van der Waals surface area contributed by atoms with Crippen LogP contribution in [0.4, 0.5) is 11.4 Å². The van der Waals surface area contributed by atoms with Crippen molar-refractivity contribution in [1.29, 1.82) is 0 Å². The van der Waals surface area contributed by atoms with Crippen LogP contribution >= 0.6 is 69.1 Å². The Labute approximate surface area is 351 Å². The molecule has 6 heterocycles. The SMILES string of the molecule is CCOC(=O)c1nnc(-c2ccco2)s1.Nc1cnn(Cc2c(Cl)cccc2Cl)c1.O=C(Nc1cnn(Cc2c(Cl)cccc2Cl)c1)c1nnc(-c2ccco2)s1. The molecule has 292 valence electrons. The average Bonchev–Trinajstić information content (AvgIpc) is 4.04. The number of rotatable bonds is 10. The van der Waals surface area contributed by atoms with E-state index in [1.54, 1.807) is 95.7 Å². The van der Waals surface area contributed by atoms with E-state index in [0.717, 1.165) is 33.8 Å². The summed E-state index contributed by atoms with van der Waals surface area (Å²) < 4.78 is 18.5. The van der Waals surface area contributed by atoms with Gasteiger partial charge in [-0.1, -0.05) is 81.2 Å². The van der Waals surface area contributed by atoms with E-state index in [1.165, 1.54) is 12.5 Å². The number of carbonyl (C=O) groups is 2. The molecule has 0 fully saturated rings. The number of nitrogens with two attached hydrogens (primary N) is 1. The van der Waals surface area contributed by atoms with Crippen molar-refractivity contribution in [3.05, 3.63) is 139 Å². The summed E-state index contributed by atoms with van der Waals surface area (Å²) in [7, 11) is 0. The zero-order chi connectivity index (χ0) is 40.3. The molecule has 1 amide bonds. The van der Waals surface area contributed by atoms with Crippen LogP contribution in [0.2, 0.25) is 20.1 Å². The molecular weight excluding hydrogens is 858 g/mol. The quantitative estimate of drug-likeness (QED) is 0.124. The zero-order valence-electron chi connectivity index (χ0n) is 29.4. The number of hydrogen-bond donors (Lipinski definition) is 2. The third-order valence-corrected chi connectivity index (χ3v) is 10.5. The van der Waals surface area contributed by atoms with E-state index in [4.69, 9.17) is 65.7 Å². The molecule has 57 heavy (non-hydrogen) atoms. The fourth-order valence-corrected chi connectivity index (χ4v) is 7.12. The van der Waals surface area contributed by atoms with Crippen LogP contribution in [0.5, 0.6) is 0 Å². The Morgan fingerprint density at radius 1 is 0.719 bits per heavy atom. The summed E-state index contributed by atoms with van der Waals surface area (Å²) in [6.07, 6.45) is 9.63. The van der Waals surface area contributed by atoms with Crippen molar-refractivity contribution in [3.63, 3.8) is 0 Å². The molecule has 0 aliphatic carbocycles. The number of aromatic nitrogens is 8. The smallest absolute Gasteiger partial charge is 0.369 e. The molecule has 0 aliphatic rings. The first-order valence-corrected chi connectivity index (χ1v) is 19.6. The second-order valence-electron chi connectivity index (χ2n) is 11.3. The minimum absolute atomic E-state index is 0.225. The molecule has 0 saturated heterocycles. The molecule has 0 spiro atoms. The first-order valence-electron chi connectivity index (χ1n) is 16.5. The van der Waals surface area contributed by atoms with Gasteiger partial charge in [-0.15, -0.1) is 20.4 Å². The molecule has 0 radical (unpaired) electrons. The van der Waals surface area contributed by atoms with Crippen LogP contribution in [-0.2, 0) is 17.8 Å². The van der Waals surface area contributed by atoms with E-state index in [-0.39, 0.29) is 15.9 Å². The Hall–Kier alpha value is -5.56. The van der Waals surface area contributed by atoms with Crippen LogP contribution in [0.3, 0.4) is 0 Å². The monoisotopic (exact) mass is 884 g/mol. The molecule has 6 aromatic heterocycles. The number of furan rings is 2. The van der Waals surface area contributed by atoms with Gasteiger partial charge in [0.2, 0.25) is 10.0 Å². The van der Waals surface area contributed by atoms with Gasteiger partial charge in [0.15, 0.2) is 21.5 Å². The molecule has 8 rings (SSSR count). The summed E-state index contributed by atoms with van der Waals surface area (Å²) in [4.78, 5) is 23.6. The number of halogens is 4. The van der Waals surface area contributed by atoms with Gasteiger partial charge in [0.25, 0.3) is 5.91 Å². The fourth-order valence-electron chi connectivity index (χ4n) is 4.67. The van der Waals surface area contributed by atoms with E-state index in [0.29, 0.717) is 72.7 Å². The van der Waals surface area contributed by atoms with Gasteiger partial charge in [0.1, 0.15) is 0 Å². The highest BCUT2D eigenvalue weighted by molar-refractivity contribution is 7.16. The summed E-state index contributed by atoms with van der Waals surface area (Å²) in [5.74, 6) is 0.340. The molecule has 0 aliphatic heterocycles. The van der Waals surface area contributed by atoms with Crippen LogP contribution in [0, 0.1) is 0 Å². The van der Waals surface area contributed by atoms with Crippen LogP contribution in [0.1, 0.15) is 37.7 Å². The molecule has 0 bridgehead atoms. The number of nitrogens with one attached hydrogen (secondary N) is 1. The van der Waals surface area contributed by atoms with Crippen molar-refractivity contribution in [2.75, 3.05) is 17.7 Å². The van der Waals surface area contributed by atoms with Crippen molar-refractivity contribution in [2.24, 2.45) is 0 Å². The summed E-state index contributed by atoms with van der Waals surface area (Å²) in [5.41, 5.74) is 8.32. The number of ether oxygens (including phenoxy) is 1. The highest BCUT2D eigenvalue weighted by atomic mass is 35.5. The number of benzene rings is 2. The Balaban J connectivity index is 0.000000156. The zero-order valence-corrected chi connectivity index (χ0v) is 34.0. The molecule has 3 N–H and O–H groups in total. The lowest BCUT2D eigenvalue weighted by atomic mass is 10.2. The number of esters is 1. The number of carbonyl (C=O) groups excluding carboxylic acids is 2. The van der Waals surface area contributed by atoms with Crippen molar-refractivity contribution in [2.45, 2.75) is 20.0 Å². The molecule has 0 atom stereocenters. The Bertz CT molecular complexity index is 2510. The third kappa shape index (κ3) is 11.1.